The first-order valence-electron chi connectivity index (χ1n) is 4.81. The van der Waals surface area contributed by atoms with Crippen molar-refractivity contribution in [1.82, 2.24) is 9.97 Å². The number of rotatable bonds is 2. The van der Waals surface area contributed by atoms with Gasteiger partial charge in [-0.2, -0.15) is 0 Å². The van der Waals surface area contributed by atoms with Gasteiger partial charge in [0.2, 0.25) is 0 Å². The largest absolute Gasteiger partial charge is 0.426 e. The van der Waals surface area contributed by atoms with Crippen LogP contribution in [0.3, 0.4) is 0 Å². The summed E-state index contributed by atoms with van der Waals surface area (Å²) in [4.78, 5) is 18.4. The van der Waals surface area contributed by atoms with Gasteiger partial charge in [0.05, 0.1) is 23.3 Å². The zero-order valence-electron chi connectivity index (χ0n) is 8.65. The molecule has 1 aromatic heterocycles. The summed E-state index contributed by atoms with van der Waals surface area (Å²) in [6, 6.07) is 5.33. The second-order valence-electron chi connectivity index (χ2n) is 3.66. The Balaban J connectivity index is 2.25. The maximum Gasteiger partial charge on any atom is 0.313 e. The highest BCUT2D eigenvalue weighted by Gasteiger charge is 2.10. The molecule has 0 fully saturated rings. The predicted molar refractivity (Wildman–Crippen MR) is 56.6 cm³/mol. The topological polar surface area (TPSA) is 55.0 Å². The van der Waals surface area contributed by atoms with Gasteiger partial charge in [-0.25, -0.2) is 4.98 Å². The summed E-state index contributed by atoms with van der Waals surface area (Å²) in [6.45, 7) is 3.60. The van der Waals surface area contributed by atoms with Gasteiger partial charge < -0.3 is 9.72 Å². The van der Waals surface area contributed by atoms with E-state index in [-0.39, 0.29) is 11.9 Å². The Hall–Kier alpha value is -1.84. The lowest BCUT2D eigenvalue weighted by Gasteiger charge is -2.05. The Morgan fingerprint density at radius 1 is 1.47 bits per heavy atom. The number of hydrogen-bond acceptors (Lipinski definition) is 3. The molecule has 0 aliphatic heterocycles. The number of carbonyl (C=O) groups is 1. The number of esters is 1. The van der Waals surface area contributed by atoms with Gasteiger partial charge in [0.25, 0.3) is 0 Å². The lowest BCUT2D eigenvalue weighted by molar-refractivity contribution is -0.137. The molecule has 78 valence electrons. The van der Waals surface area contributed by atoms with E-state index in [2.05, 4.69) is 9.97 Å². The Labute approximate surface area is 87.3 Å². The molecule has 0 aliphatic carbocycles. The van der Waals surface area contributed by atoms with E-state index in [0.717, 1.165) is 11.0 Å². The van der Waals surface area contributed by atoms with Crippen LogP contribution in [0.4, 0.5) is 0 Å². The third-order valence-electron chi connectivity index (χ3n) is 2.08. The average molecular weight is 204 g/mol. The van der Waals surface area contributed by atoms with Crippen molar-refractivity contribution >= 4 is 17.0 Å². The number of ether oxygens (including phenoxy) is 1. The van der Waals surface area contributed by atoms with Crippen molar-refractivity contribution in [3.63, 3.8) is 0 Å². The summed E-state index contributed by atoms with van der Waals surface area (Å²) in [7, 11) is 0. The molecule has 4 heteroatoms. The third-order valence-corrected chi connectivity index (χ3v) is 2.08. The highest BCUT2D eigenvalue weighted by molar-refractivity contribution is 5.79. The van der Waals surface area contributed by atoms with Gasteiger partial charge in [-0.3, -0.25) is 4.79 Å². The van der Waals surface area contributed by atoms with Crippen LogP contribution in [0.1, 0.15) is 13.8 Å². The van der Waals surface area contributed by atoms with E-state index < -0.39 is 0 Å². The lowest BCUT2D eigenvalue weighted by atomic mass is 10.2. The normalized spacial score (nSPS) is 10.9. The van der Waals surface area contributed by atoms with Crippen LogP contribution in [0.2, 0.25) is 0 Å². The highest BCUT2D eigenvalue weighted by Crippen LogP contribution is 2.18. The molecule has 0 aliphatic rings. The fourth-order valence-electron chi connectivity index (χ4n) is 1.21. The first-order valence-corrected chi connectivity index (χ1v) is 4.81. The van der Waals surface area contributed by atoms with Crippen LogP contribution in [0.5, 0.6) is 5.75 Å². The number of imidazole rings is 1. The van der Waals surface area contributed by atoms with Crippen LogP contribution >= 0.6 is 0 Å². The number of carbonyl (C=O) groups excluding carboxylic acids is 1. The Morgan fingerprint density at radius 3 is 3.00 bits per heavy atom. The summed E-state index contributed by atoms with van der Waals surface area (Å²) in [5.41, 5.74) is 1.73. The molecule has 15 heavy (non-hydrogen) atoms. The van der Waals surface area contributed by atoms with E-state index in [4.69, 9.17) is 4.74 Å². The van der Waals surface area contributed by atoms with Crippen LogP contribution in [-0.2, 0) is 4.79 Å². The summed E-state index contributed by atoms with van der Waals surface area (Å²) >= 11 is 0. The fraction of sp³-hybridized carbons (Fsp3) is 0.273. The molecule has 1 aromatic carbocycles. The van der Waals surface area contributed by atoms with Gasteiger partial charge in [0, 0.05) is 6.07 Å². The van der Waals surface area contributed by atoms with Crippen molar-refractivity contribution in [2.75, 3.05) is 0 Å². The average Bonchev–Trinajstić information content (AvgIpc) is 2.64. The number of aromatic nitrogens is 2. The van der Waals surface area contributed by atoms with Gasteiger partial charge in [0.1, 0.15) is 5.75 Å². The van der Waals surface area contributed by atoms with Crippen LogP contribution in [-0.4, -0.2) is 15.9 Å². The molecule has 2 rings (SSSR count). The quantitative estimate of drug-likeness (QED) is 0.602. The number of nitrogens with zero attached hydrogens (tertiary/aromatic N) is 1. The molecule has 0 bridgehead atoms. The van der Waals surface area contributed by atoms with Crippen molar-refractivity contribution in [3.05, 3.63) is 24.5 Å². The predicted octanol–water partition coefficient (Wildman–Crippen LogP) is 2.12. The number of H-pyrrole nitrogens is 1. The molecule has 0 saturated carbocycles. The van der Waals surface area contributed by atoms with Crippen molar-refractivity contribution in [2.45, 2.75) is 13.8 Å². The monoisotopic (exact) mass is 204 g/mol. The molecular weight excluding hydrogens is 192 g/mol. The van der Waals surface area contributed by atoms with Crippen LogP contribution in [0, 0.1) is 5.92 Å². The summed E-state index contributed by atoms with van der Waals surface area (Å²) in [5.74, 6) is 0.179. The van der Waals surface area contributed by atoms with Gasteiger partial charge in [0.15, 0.2) is 0 Å². The fourth-order valence-corrected chi connectivity index (χ4v) is 1.21. The second kappa shape index (κ2) is 3.73. The zero-order valence-corrected chi connectivity index (χ0v) is 8.65. The van der Waals surface area contributed by atoms with Gasteiger partial charge in [-0.15, -0.1) is 0 Å². The smallest absolute Gasteiger partial charge is 0.313 e. The minimum absolute atomic E-state index is 0.125. The Bertz CT molecular complexity index is 488. The van der Waals surface area contributed by atoms with E-state index in [1.807, 2.05) is 6.07 Å². The molecule has 0 amide bonds. The van der Waals surface area contributed by atoms with E-state index in [9.17, 15) is 4.79 Å². The van der Waals surface area contributed by atoms with Crippen molar-refractivity contribution in [3.8, 4) is 5.75 Å². The molecule has 1 N–H and O–H groups in total. The van der Waals surface area contributed by atoms with Crippen molar-refractivity contribution in [2.24, 2.45) is 5.92 Å². The third kappa shape index (κ3) is 1.98. The number of nitrogens with one attached hydrogen (secondary N) is 1. The standard InChI is InChI=1S/C11H12N2O2/c1-7(2)11(14)15-8-3-4-9-10(5-8)13-6-12-9/h3-7H,1-2H3,(H,12,13). The van der Waals surface area contributed by atoms with Gasteiger partial charge >= 0.3 is 5.97 Å². The molecule has 0 unspecified atom stereocenters. The molecule has 2 aromatic rings. The van der Waals surface area contributed by atoms with E-state index in [0.29, 0.717) is 5.75 Å². The maximum absolute atomic E-state index is 11.3. The number of benzene rings is 1. The van der Waals surface area contributed by atoms with Crippen molar-refractivity contribution in [1.29, 1.82) is 0 Å². The summed E-state index contributed by atoms with van der Waals surface area (Å²) < 4.78 is 5.16. The molecular formula is C11H12N2O2. The molecule has 1 heterocycles. The molecule has 0 spiro atoms. The highest BCUT2D eigenvalue weighted by atomic mass is 16.5. The van der Waals surface area contributed by atoms with Crippen LogP contribution in [0.25, 0.3) is 11.0 Å². The lowest BCUT2D eigenvalue weighted by Crippen LogP contribution is -2.14. The Kier molecular flexibility index (Phi) is 2.41. The molecule has 0 atom stereocenters. The molecule has 4 nitrogen and oxygen atoms in total. The van der Waals surface area contributed by atoms with E-state index in [1.165, 1.54) is 0 Å². The zero-order chi connectivity index (χ0) is 10.8. The van der Waals surface area contributed by atoms with Gasteiger partial charge in [-0.1, -0.05) is 13.8 Å². The minimum atomic E-state index is -0.232. The number of fused-ring (bicyclic) bond motifs is 1. The van der Waals surface area contributed by atoms with Gasteiger partial charge in [-0.05, 0) is 12.1 Å². The van der Waals surface area contributed by atoms with Crippen LogP contribution < -0.4 is 4.74 Å². The second-order valence-corrected chi connectivity index (χ2v) is 3.66. The van der Waals surface area contributed by atoms with E-state index >= 15 is 0 Å². The number of hydrogen-bond donors (Lipinski definition) is 1. The number of aromatic amines is 1. The maximum atomic E-state index is 11.3. The first-order chi connectivity index (χ1) is 7.16. The van der Waals surface area contributed by atoms with Crippen LogP contribution in [0.15, 0.2) is 24.5 Å². The molecule has 0 radical (unpaired) electrons. The first kappa shape index (κ1) is 9.71. The van der Waals surface area contributed by atoms with Crippen molar-refractivity contribution < 1.29 is 9.53 Å². The SMILES string of the molecule is CC(C)C(=O)Oc1ccc2[nH]cnc2c1. The summed E-state index contributed by atoms with van der Waals surface area (Å²) in [5, 5.41) is 0. The molecule has 0 saturated heterocycles. The Morgan fingerprint density at radius 2 is 2.27 bits per heavy atom. The summed E-state index contributed by atoms with van der Waals surface area (Å²) in [6.07, 6.45) is 1.61. The minimum Gasteiger partial charge on any atom is -0.426 e. The van der Waals surface area contributed by atoms with E-state index in [1.54, 1.807) is 32.3 Å².